The maximum absolute atomic E-state index is 12.5. The van der Waals surface area contributed by atoms with Crippen LogP contribution < -0.4 is 20.5 Å². The number of hydrogen-bond acceptors (Lipinski definition) is 11. The van der Waals surface area contributed by atoms with E-state index < -0.39 is 23.9 Å². The number of aliphatic imine (C=N–C) groups is 3. The molecule has 0 amide bonds. The molecule has 0 aliphatic carbocycles. The summed E-state index contributed by atoms with van der Waals surface area (Å²) in [6.07, 6.45) is 11.5. The molecule has 9 rings (SSSR count). The predicted octanol–water partition coefficient (Wildman–Crippen LogP) is 5.90. The first kappa shape index (κ1) is 43.5. The van der Waals surface area contributed by atoms with Gasteiger partial charge in [0.25, 0.3) is 0 Å². The van der Waals surface area contributed by atoms with Crippen molar-refractivity contribution in [3.63, 3.8) is 0 Å². The van der Waals surface area contributed by atoms with Crippen molar-refractivity contribution in [2.24, 2.45) is 15.0 Å². The van der Waals surface area contributed by atoms with Crippen molar-refractivity contribution < 1.29 is 55.5 Å². The molecule has 5 aromatic rings. The van der Waals surface area contributed by atoms with Crippen molar-refractivity contribution >= 4 is 63.3 Å². The van der Waals surface area contributed by atoms with Crippen molar-refractivity contribution in [1.82, 2.24) is 4.98 Å². The fraction of sp³-hybridized carbons (Fsp3) is 0.0769. The Bertz CT molecular complexity index is 3210. The molecule has 0 spiro atoms. The van der Waals surface area contributed by atoms with Gasteiger partial charge in [0.05, 0.1) is 78.2 Å². The minimum Gasteiger partial charge on any atom is -0.657 e. The van der Waals surface area contributed by atoms with Crippen molar-refractivity contribution in [2.45, 2.75) is 0 Å². The van der Waals surface area contributed by atoms with Gasteiger partial charge in [-0.1, -0.05) is 72.8 Å². The van der Waals surface area contributed by atoms with E-state index in [4.69, 9.17) is 38.9 Å². The number of carbonyl (C=O) groups is 3. The van der Waals surface area contributed by atoms with Crippen LogP contribution in [0.25, 0.3) is 28.2 Å². The number of fused-ring (bicyclic) bond motifs is 5. The summed E-state index contributed by atoms with van der Waals surface area (Å²) in [6, 6.07) is 32.1. The van der Waals surface area contributed by atoms with Gasteiger partial charge >= 0.3 is 35.0 Å². The molecule has 0 saturated carbocycles. The number of esters is 3. The molecular weight excluding hydrogens is 872 g/mol. The van der Waals surface area contributed by atoms with Gasteiger partial charge in [-0.15, -0.1) is 11.4 Å². The van der Waals surface area contributed by atoms with Gasteiger partial charge in [-0.2, -0.15) is 0 Å². The van der Waals surface area contributed by atoms with Crippen LogP contribution in [0, 0.1) is 0 Å². The molecule has 5 heterocycles. The van der Waals surface area contributed by atoms with Gasteiger partial charge in [0.15, 0.2) is 0 Å². The zero-order chi connectivity index (χ0) is 44.5. The zero-order valence-electron chi connectivity index (χ0n) is 35.2. The summed E-state index contributed by atoms with van der Waals surface area (Å²) in [5.74, 6) is -1.86. The second-order valence-electron chi connectivity index (χ2n) is 14.6. The number of hydrogen-bond donors (Lipinski definition) is 0. The molecule has 8 bridgehead atoms. The van der Waals surface area contributed by atoms with Gasteiger partial charge in [0, 0.05) is 11.1 Å². The fourth-order valence-corrected chi connectivity index (χ4v) is 7.83. The van der Waals surface area contributed by atoms with Crippen LogP contribution in [0.4, 0.5) is 0 Å². The molecule has 0 saturated heterocycles. The second-order valence-corrected chi connectivity index (χ2v) is 14.6. The Morgan fingerprint density at radius 3 is 1.17 bits per heavy atom. The molecule has 1 aromatic heterocycles. The first-order valence-corrected chi connectivity index (χ1v) is 20.0. The van der Waals surface area contributed by atoms with E-state index in [2.05, 4.69) is 0 Å². The minimum atomic E-state index is -0.464. The van der Waals surface area contributed by atoms with Crippen LogP contribution in [0.15, 0.2) is 178 Å². The summed E-state index contributed by atoms with van der Waals surface area (Å²) in [5, 5.41) is 13.6. The van der Waals surface area contributed by atoms with Gasteiger partial charge < -0.3 is 29.0 Å². The van der Waals surface area contributed by atoms with Crippen molar-refractivity contribution in [2.75, 3.05) is 28.4 Å². The molecule has 0 atom stereocenters. The van der Waals surface area contributed by atoms with E-state index in [9.17, 15) is 19.5 Å². The minimum absolute atomic E-state index is 0. The van der Waals surface area contributed by atoms with Crippen molar-refractivity contribution in [1.29, 1.82) is 0 Å². The predicted molar refractivity (Wildman–Crippen MR) is 241 cm³/mol. The van der Waals surface area contributed by atoms with Crippen LogP contribution in [0.2, 0.25) is 0 Å². The molecule has 65 heavy (non-hydrogen) atoms. The Morgan fingerprint density at radius 2 is 0.785 bits per heavy atom. The van der Waals surface area contributed by atoms with E-state index >= 15 is 0 Å². The molecule has 13 heteroatoms. The van der Waals surface area contributed by atoms with Crippen LogP contribution >= 0.6 is 0 Å². The molecule has 4 aliphatic rings. The number of benzene rings is 4. The van der Waals surface area contributed by atoms with Gasteiger partial charge in [-0.3, -0.25) is 0 Å². The molecule has 0 unspecified atom stereocenters. The average Bonchev–Trinajstić information content (AvgIpc) is 4.20. The Morgan fingerprint density at radius 1 is 0.431 bits per heavy atom. The third-order valence-electron chi connectivity index (χ3n) is 11.0. The van der Waals surface area contributed by atoms with Crippen LogP contribution in [-0.2, 0) is 36.0 Å². The fourth-order valence-electron chi connectivity index (χ4n) is 7.83. The van der Waals surface area contributed by atoms with Gasteiger partial charge in [-0.25, -0.2) is 29.4 Å². The normalized spacial score (nSPS) is 14.8. The summed E-state index contributed by atoms with van der Waals surface area (Å²) < 4.78 is 19.9. The largest absolute Gasteiger partial charge is 2.00 e. The third kappa shape index (κ3) is 8.29. The summed E-state index contributed by atoms with van der Waals surface area (Å²) in [7, 11) is 5.35. The smallest absolute Gasteiger partial charge is 0.657 e. The number of allylic oxidation sites excluding steroid dienone is 8. The number of methoxy groups -OCH3 is 4. The molecular formula is C52H36CuN4O8. The monoisotopic (exact) mass is 907 g/mol. The molecule has 0 N–H and O–H groups in total. The quantitative estimate of drug-likeness (QED) is 0.110. The average molecular weight is 908 g/mol. The van der Waals surface area contributed by atoms with Crippen molar-refractivity contribution in [3.8, 4) is 0 Å². The number of aromatic nitrogens is 1. The van der Waals surface area contributed by atoms with Gasteiger partial charge in [0.2, 0.25) is 0 Å². The van der Waals surface area contributed by atoms with E-state index in [1.165, 1.54) is 28.4 Å². The third-order valence-corrected chi connectivity index (χ3v) is 11.0. The Balaban J connectivity index is 0.00000576. The standard InChI is InChI=1S/C52H38N4O8.Cu/c1-61-49(57)33-13-5-29(6-14-33)45-37-21-23-39(53-37)46(30-7-15-34(16-8-30)50(58)62-2)41-25-27-43(55-41)48(32-11-19-36(20-12-32)52(60)64-4)44-28-26-42(56-44)47(40-24-22-38(45)54-40)31-9-17-35(18-10-31)51(59)63-3;/h5-28H,1-4H3,(H2,53,54,55,56,57,58,59,60);/q;+2/p-2. The zero-order valence-corrected chi connectivity index (χ0v) is 36.2. The summed E-state index contributed by atoms with van der Waals surface area (Å²) in [6.45, 7) is 0. The van der Waals surface area contributed by atoms with Gasteiger partial charge in [-0.05, 0) is 118 Å². The molecule has 4 aliphatic heterocycles. The number of nitrogens with zero attached hydrogens (tertiary/aromatic N) is 4. The van der Waals surface area contributed by atoms with E-state index in [1.54, 1.807) is 48.5 Å². The first-order valence-electron chi connectivity index (χ1n) is 20.0. The first-order chi connectivity index (χ1) is 31.2. The van der Waals surface area contributed by atoms with E-state index in [0.717, 1.165) is 21.9 Å². The van der Waals surface area contributed by atoms with E-state index in [0.29, 0.717) is 89.8 Å². The van der Waals surface area contributed by atoms with Gasteiger partial charge in [0.1, 0.15) is 0 Å². The number of ether oxygens (including phenoxy) is 4. The maximum atomic E-state index is 12.5. The number of rotatable bonds is 7. The maximum Gasteiger partial charge on any atom is 2.00 e. The van der Waals surface area contributed by atoms with E-state index in [1.807, 2.05) is 97.1 Å². The Kier molecular flexibility index (Phi) is 12.3. The molecule has 323 valence electrons. The summed E-state index contributed by atoms with van der Waals surface area (Å²) in [5.41, 5.74) is 11.0. The topological polar surface area (TPSA) is 162 Å². The molecule has 0 fully saturated rings. The molecule has 1 radical (unpaired) electrons. The summed E-state index contributed by atoms with van der Waals surface area (Å²) >= 11 is 0. The second kappa shape index (κ2) is 18.3. The van der Waals surface area contributed by atoms with Crippen LogP contribution in [0.3, 0.4) is 0 Å². The van der Waals surface area contributed by atoms with Crippen molar-refractivity contribution in [3.05, 3.63) is 218 Å². The SMILES string of the molecule is COC(=O)c1ccc(C2=C3C=CC(=N3)C(c3ccc(C(=O)OC)cc3)=C3C=CC(=N3)C(=c3ccc(=C([O-])OC)cc3)c3ccc([n-]3)C(c3ccc(C(=O)OC)cc3)=C3C=CC2=N3)cc1.[Cu+2]. The Hall–Kier alpha value is -8.12. The molecule has 4 aromatic carbocycles. The summed E-state index contributed by atoms with van der Waals surface area (Å²) in [4.78, 5) is 58.4. The van der Waals surface area contributed by atoms with E-state index in [-0.39, 0.29) is 17.1 Å². The molecule has 12 nitrogen and oxygen atoms in total. The Labute approximate surface area is 383 Å². The van der Waals surface area contributed by atoms with Crippen LogP contribution in [0.5, 0.6) is 0 Å². The van der Waals surface area contributed by atoms with Crippen LogP contribution in [0.1, 0.15) is 59.2 Å². The van der Waals surface area contributed by atoms with Crippen LogP contribution in [-0.4, -0.2) is 63.5 Å². The number of carbonyl (C=O) groups excluding carboxylic acids is 3.